The van der Waals surface area contributed by atoms with E-state index in [1.54, 1.807) is 6.26 Å². The van der Waals surface area contributed by atoms with E-state index in [4.69, 9.17) is 22.3 Å². The molecule has 0 aromatic heterocycles. The second-order valence-corrected chi connectivity index (χ2v) is 6.51. The van der Waals surface area contributed by atoms with Crippen molar-refractivity contribution in [3.63, 3.8) is 0 Å². The number of carbonyl (C=O) groups excluding carboxylic acids is 4. The number of carbonyl (C=O) groups is 5. The second-order valence-electron chi connectivity index (χ2n) is 5.52. The molecular weight excluding hydrogens is 366 g/mol. The maximum absolute atomic E-state index is 12.3. The molecule has 12 heteroatoms. The molecule has 4 amide bonds. The Balaban J connectivity index is 4.96. The zero-order chi connectivity index (χ0) is 20.3. The predicted octanol–water partition coefficient (Wildman–Crippen LogP) is -2.74. The Morgan fingerprint density at radius 1 is 0.962 bits per heavy atom. The molecule has 0 saturated carbocycles. The van der Waals surface area contributed by atoms with Crippen molar-refractivity contribution in [3.8, 4) is 0 Å². The molecule has 0 radical (unpaired) electrons. The van der Waals surface area contributed by atoms with Crippen LogP contribution in [0.15, 0.2) is 0 Å². The Morgan fingerprint density at radius 2 is 1.54 bits per heavy atom. The van der Waals surface area contributed by atoms with Crippen LogP contribution in [0.1, 0.15) is 25.7 Å². The first-order valence-corrected chi connectivity index (χ1v) is 9.12. The Labute approximate surface area is 154 Å². The number of hydrogen-bond acceptors (Lipinski definition) is 7. The van der Waals surface area contributed by atoms with Crippen LogP contribution in [-0.4, -0.2) is 64.8 Å². The maximum Gasteiger partial charge on any atom is 0.326 e. The van der Waals surface area contributed by atoms with Gasteiger partial charge in [0.15, 0.2) is 0 Å². The molecule has 0 aromatic carbocycles. The maximum atomic E-state index is 12.3. The Bertz CT molecular complexity index is 544. The molecule has 0 unspecified atom stereocenters. The van der Waals surface area contributed by atoms with Gasteiger partial charge in [-0.25, -0.2) is 4.79 Å². The monoisotopic (exact) mass is 391 g/mol. The number of carboxylic acid groups (broad SMARTS) is 1. The minimum Gasteiger partial charge on any atom is -0.480 e. The summed E-state index contributed by atoms with van der Waals surface area (Å²) in [6, 6.07) is -3.60. The van der Waals surface area contributed by atoms with Gasteiger partial charge in [0.2, 0.25) is 23.6 Å². The van der Waals surface area contributed by atoms with Crippen molar-refractivity contribution in [1.29, 1.82) is 0 Å². The van der Waals surface area contributed by atoms with Crippen molar-refractivity contribution in [2.24, 2.45) is 17.2 Å². The lowest BCUT2D eigenvalue weighted by Gasteiger charge is -2.22. The number of primary amides is 2. The molecule has 148 valence electrons. The van der Waals surface area contributed by atoms with E-state index in [9.17, 15) is 24.0 Å². The highest BCUT2D eigenvalue weighted by Crippen LogP contribution is 2.04. The number of nitrogens with one attached hydrogen (secondary N) is 2. The lowest BCUT2D eigenvalue weighted by atomic mass is 10.1. The first-order valence-electron chi connectivity index (χ1n) is 7.73. The van der Waals surface area contributed by atoms with Gasteiger partial charge in [0.1, 0.15) is 12.1 Å². The zero-order valence-corrected chi connectivity index (χ0v) is 15.2. The predicted molar refractivity (Wildman–Crippen MR) is 94.7 cm³/mol. The molecule has 26 heavy (non-hydrogen) atoms. The molecule has 11 nitrogen and oxygen atoms in total. The van der Waals surface area contributed by atoms with E-state index in [-0.39, 0.29) is 19.3 Å². The van der Waals surface area contributed by atoms with E-state index in [1.807, 2.05) is 0 Å². The third-order valence-electron chi connectivity index (χ3n) is 3.30. The number of aliphatic carboxylic acids is 1. The lowest BCUT2D eigenvalue weighted by molar-refractivity contribution is -0.143. The van der Waals surface area contributed by atoms with Gasteiger partial charge >= 0.3 is 5.97 Å². The highest BCUT2D eigenvalue weighted by Gasteiger charge is 2.28. The second kappa shape index (κ2) is 12.1. The Morgan fingerprint density at radius 3 is 2.00 bits per heavy atom. The van der Waals surface area contributed by atoms with Gasteiger partial charge in [0.25, 0.3) is 0 Å². The van der Waals surface area contributed by atoms with Crippen LogP contribution in [0, 0.1) is 0 Å². The minimum absolute atomic E-state index is 0.0114. The van der Waals surface area contributed by atoms with Gasteiger partial charge in [-0.15, -0.1) is 0 Å². The standard InChI is InChI=1S/C14H25N5O6S/c1-26-5-4-8(18-12(22)7(15)2-3-10(16)20)13(23)19-9(14(24)25)6-11(17)21/h7-9H,2-6,15H2,1H3,(H2,16,20)(H2,17,21)(H,18,22)(H,19,23)(H,24,25)/t7-,8-,9-/m0/s1. The number of rotatable bonds is 13. The molecule has 0 spiro atoms. The molecule has 0 aliphatic heterocycles. The molecule has 0 bridgehead atoms. The van der Waals surface area contributed by atoms with Gasteiger partial charge < -0.3 is 32.9 Å². The fourth-order valence-corrected chi connectivity index (χ4v) is 2.36. The van der Waals surface area contributed by atoms with Crippen molar-refractivity contribution in [2.75, 3.05) is 12.0 Å². The summed E-state index contributed by atoms with van der Waals surface area (Å²) in [7, 11) is 0. The molecule has 0 rings (SSSR count). The number of nitrogens with two attached hydrogens (primary N) is 3. The van der Waals surface area contributed by atoms with E-state index < -0.39 is 54.1 Å². The molecular formula is C14H25N5O6S. The largest absolute Gasteiger partial charge is 0.480 e. The minimum atomic E-state index is -1.50. The van der Waals surface area contributed by atoms with E-state index in [0.717, 1.165) is 0 Å². The fourth-order valence-electron chi connectivity index (χ4n) is 1.89. The van der Waals surface area contributed by atoms with Crippen LogP contribution < -0.4 is 27.8 Å². The van der Waals surface area contributed by atoms with Crippen molar-refractivity contribution in [2.45, 2.75) is 43.8 Å². The third kappa shape index (κ3) is 9.84. The van der Waals surface area contributed by atoms with E-state index in [2.05, 4.69) is 10.6 Å². The summed E-state index contributed by atoms with van der Waals surface area (Å²) < 4.78 is 0. The van der Waals surface area contributed by atoms with Crippen LogP contribution in [-0.2, 0) is 24.0 Å². The SMILES string of the molecule is CSCC[C@H](NC(=O)[C@@H](N)CCC(N)=O)C(=O)N[C@@H](CC(N)=O)C(=O)O. The van der Waals surface area contributed by atoms with Crippen molar-refractivity contribution < 1.29 is 29.1 Å². The number of thioether (sulfide) groups is 1. The van der Waals surface area contributed by atoms with Crippen molar-refractivity contribution in [3.05, 3.63) is 0 Å². The van der Waals surface area contributed by atoms with Crippen LogP contribution in [0.2, 0.25) is 0 Å². The van der Waals surface area contributed by atoms with Crippen LogP contribution in [0.3, 0.4) is 0 Å². The summed E-state index contributed by atoms with van der Waals surface area (Å²) in [4.78, 5) is 57.1. The smallest absolute Gasteiger partial charge is 0.326 e. The van der Waals surface area contributed by atoms with Crippen molar-refractivity contribution >= 4 is 41.4 Å². The van der Waals surface area contributed by atoms with Gasteiger partial charge in [-0.1, -0.05) is 0 Å². The molecule has 0 aromatic rings. The summed E-state index contributed by atoms with van der Waals surface area (Å²) in [5.41, 5.74) is 15.6. The van der Waals surface area contributed by atoms with Crippen LogP contribution in [0.5, 0.6) is 0 Å². The molecule has 0 aliphatic rings. The molecule has 0 saturated heterocycles. The molecule has 0 aliphatic carbocycles. The first kappa shape index (κ1) is 23.7. The van der Waals surface area contributed by atoms with E-state index in [0.29, 0.717) is 5.75 Å². The molecule has 9 N–H and O–H groups in total. The topological polar surface area (TPSA) is 208 Å². The zero-order valence-electron chi connectivity index (χ0n) is 14.4. The molecule has 0 fully saturated rings. The molecule has 3 atom stereocenters. The van der Waals surface area contributed by atoms with E-state index in [1.165, 1.54) is 11.8 Å². The number of hydrogen-bond donors (Lipinski definition) is 6. The van der Waals surface area contributed by atoms with Gasteiger partial charge in [0.05, 0.1) is 12.5 Å². The van der Waals surface area contributed by atoms with Gasteiger partial charge in [-0.05, 0) is 24.9 Å². The first-order chi connectivity index (χ1) is 12.1. The molecule has 0 heterocycles. The van der Waals surface area contributed by atoms with Crippen molar-refractivity contribution in [1.82, 2.24) is 10.6 Å². The summed E-state index contributed by atoms with van der Waals surface area (Å²) in [5.74, 6) is -3.87. The highest BCUT2D eigenvalue weighted by atomic mass is 32.2. The fraction of sp³-hybridized carbons (Fsp3) is 0.643. The normalized spacial score (nSPS) is 13.9. The average Bonchev–Trinajstić information content (AvgIpc) is 2.54. The number of amides is 4. The van der Waals surface area contributed by atoms with Gasteiger partial charge in [-0.2, -0.15) is 11.8 Å². The third-order valence-corrected chi connectivity index (χ3v) is 3.95. The van der Waals surface area contributed by atoms with Crippen LogP contribution >= 0.6 is 11.8 Å². The van der Waals surface area contributed by atoms with Crippen LogP contribution in [0.4, 0.5) is 0 Å². The van der Waals surface area contributed by atoms with Gasteiger partial charge in [-0.3, -0.25) is 19.2 Å². The highest BCUT2D eigenvalue weighted by molar-refractivity contribution is 7.98. The summed E-state index contributed by atoms with van der Waals surface area (Å²) in [6.45, 7) is 0. The quantitative estimate of drug-likeness (QED) is 0.193. The Kier molecular flexibility index (Phi) is 11.0. The summed E-state index contributed by atoms with van der Waals surface area (Å²) >= 11 is 1.42. The Hall–Kier alpha value is -2.34. The summed E-state index contributed by atoms with van der Waals surface area (Å²) in [5, 5.41) is 13.6. The van der Waals surface area contributed by atoms with Gasteiger partial charge in [0, 0.05) is 6.42 Å². The van der Waals surface area contributed by atoms with E-state index >= 15 is 0 Å². The van der Waals surface area contributed by atoms with Crippen LogP contribution in [0.25, 0.3) is 0 Å². The number of carboxylic acids is 1. The summed E-state index contributed by atoms with van der Waals surface area (Å²) in [6.07, 6.45) is 1.35. The lowest BCUT2D eigenvalue weighted by Crippen LogP contribution is -2.55. The average molecular weight is 391 g/mol.